The zero-order chi connectivity index (χ0) is 9.78. The molecular formula is C13H18. The van der Waals surface area contributed by atoms with Gasteiger partial charge in [-0.05, 0) is 19.8 Å². The van der Waals surface area contributed by atoms with Crippen LogP contribution < -0.4 is 0 Å². The van der Waals surface area contributed by atoms with Gasteiger partial charge in [-0.3, -0.25) is 0 Å². The summed E-state index contributed by atoms with van der Waals surface area (Å²) < 4.78 is 0. The highest BCUT2D eigenvalue weighted by Crippen LogP contribution is 1.93. The van der Waals surface area contributed by atoms with Crippen LogP contribution >= 0.6 is 0 Å². The molecule has 0 heteroatoms. The molecule has 0 N–H and O–H groups in total. The van der Waals surface area contributed by atoms with Crippen molar-refractivity contribution in [1.82, 2.24) is 0 Å². The maximum atomic E-state index is 3.60. The average Bonchev–Trinajstić information content (AvgIpc) is 2.16. The molecule has 0 aliphatic rings. The van der Waals surface area contributed by atoms with Gasteiger partial charge in [-0.1, -0.05) is 61.3 Å². The molecule has 0 aliphatic heterocycles. The Morgan fingerprint density at radius 1 is 0.846 bits per heavy atom. The van der Waals surface area contributed by atoms with Crippen LogP contribution in [0.15, 0.2) is 61.3 Å². The van der Waals surface area contributed by atoms with E-state index in [9.17, 15) is 0 Å². The van der Waals surface area contributed by atoms with E-state index in [1.165, 1.54) is 0 Å². The Hall–Kier alpha value is -1.30. The first-order valence-corrected chi connectivity index (χ1v) is 4.64. The van der Waals surface area contributed by atoms with E-state index in [0.717, 1.165) is 12.8 Å². The Labute approximate surface area is 81.7 Å². The smallest absolute Gasteiger partial charge is 0.0313 e. The van der Waals surface area contributed by atoms with Gasteiger partial charge in [0.05, 0.1) is 0 Å². The van der Waals surface area contributed by atoms with E-state index in [-0.39, 0.29) is 0 Å². The maximum Gasteiger partial charge on any atom is -0.0313 e. The second-order valence-electron chi connectivity index (χ2n) is 2.58. The first-order chi connectivity index (χ1) is 6.41. The van der Waals surface area contributed by atoms with E-state index < -0.39 is 0 Å². The summed E-state index contributed by atoms with van der Waals surface area (Å²) in [6, 6.07) is 0. The fourth-order valence-electron chi connectivity index (χ4n) is 0.799. The van der Waals surface area contributed by atoms with E-state index in [2.05, 4.69) is 24.8 Å². The number of hydrogen-bond donors (Lipinski definition) is 0. The molecule has 13 heavy (non-hydrogen) atoms. The van der Waals surface area contributed by atoms with Gasteiger partial charge in [-0.15, -0.1) is 0 Å². The second-order valence-corrected chi connectivity index (χ2v) is 2.58. The van der Waals surface area contributed by atoms with Crippen molar-refractivity contribution in [1.29, 1.82) is 0 Å². The van der Waals surface area contributed by atoms with E-state index in [4.69, 9.17) is 0 Å². The highest BCUT2D eigenvalue weighted by molar-refractivity contribution is 5.10. The molecule has 0 saturated heterocycles. The molecular weight excluding hydrogens is 156 g/mol. The van der Waals surface area contributed by atoms with Gasteiger partial charge < -0.3 is 0 Å². The average molecular weight is 174 g/mol. The van der Waals surface area contributed by atoms with Gasteiger partial charge in [-0.2, -0.15) is 0 Å². The molecule has 0 nitrogen and oxygen atoms in total. The highest BCUT2D eigenvalue weighted by Gasteiger charge is 1.72. The fourth-order valence-corrected chi connectivity index (χ4v) is 0.799. The second kappa shape index (κ2) is 10.7. The van der Waals surface area contributed by atoms with E-state index in [1.807, 2.05) is 37.3 Å². The van der Waals surface area contributed by atoms with Crippen molar-refractivity contribution in [3.05, 3.63) is 61.3 Å². The number of allylic oxidation sites excluding steroid dienone is 9. The van der Waals surface area contributed by atoms with Gasteiger partial charge in [-0.25, -0.2) is 0 Å². The molecule has 0 aliphatic carbocycles. The molecule has 0 atom stereocenters. The molecule has 0 saturated carbocycles. The molecule has 0 aromatic carbocycles. The molecule has 0 aromatic rings. The summed E-state index contributed by atoms with van der Waals surface area (Å²) in [5.74, 6) is 0. The lowest BCUT2D eigenvalue weighted by molar-refractivity contribution is 1.05. The Morgan fingerprint density at radius 3 is 2.08 bits per heavy atom. The van der Waals surface area contributed by atoms with Gasteiger partial charge in [0.2, 0.25) is 0 Å². The molecule has 0 aromatic heterocycles. The first kappa shape index (κ1) is 11.7. The summed E-state index contributed by atoms with van der Waals surface area (Å²) in [6.45, 7) is 5.61. The molecule has 70 valence electrons. The number of rotatable bonds is 6. The van der Waals surface area contributed by atoms with Crippen molar-refractivity contribution in [3.8, 4) is 0 Å². The van der Waals surface area contributed by atoms with E-state index in [1.54, 1.807) is 6.08 Å². The van der Waals surface area contributed by atoms with Crippen LogP contribution in [0.5, 0.6) is 0 Å². The van der Waals surface area contributed by atoms with Crippen molar-refractivity contribution >= 4 is 0 Å². The molecule has 0 fully saturated rings. The minimum absolute atomic E-state index is 1.08. The molecule has 0 spiro atoms. The van der Waals surface area contributed by atoms with Crippen molar-refractivity contribution in [2.45, 2.75) is 19.8 Å². The van der Waals surface area contributed by atoms with Crippen LogP contribution in [0.4, 0.5) is 0 Å². The molecule has 0 unspecified atom stereocenters. The molecule has 0 radical (unpaired) electrons. The third-order valence-corrected chi connectivity index (χ3v) is 1.43. The van der Waals surface area contributed by atoms with Crippen LogP contribution in [0.2, 0.25) is 0 Å². The molecule has 0 rings (SSSR count). The van der Waals surface area contributed by atoms with E-state index >= 15 is 0 Å². The van der Waals surface area contributed by atoms with Gasteiger partial charge in [0, 0.05) is 0 Å². The van der Waals surface area contributed by atoms with E-state index in [0.29, 0.717) is 0 Å². The molecule has 0 heterocycles. The third-order valence-electron chi connectivity index (χ3n) is 1.43. The van der Waals surface area contributed by atoms with Crippen molar-refractivity contribution < 1.29 is 0 Å². The minimum Gasteiger partial charge on any atom is -0.0991 e. The monoisotopic (exact) mass is 174 g/mol. The lowest BCUT2D eigenvalue weighted by Gasteiger charge is -1.83. The topological polar surface area (TPSA) is 0 Å². The predicted molar refractivity (Wildman–Crippen MR) is 61.7 cm³/mol. The summed E-state index contributed by atoms with van der Waals surface area (Å²) in [4.78, 5) is 0. The van der Waals surface area contributed by atoms with Crippen LogP contribution in [-0.4, -0.2) is 0 Å². The maximum absolute atomic E-state index is 3.60. The van der Waals surface area contributed by atoms with Gasteiger partial charge in [0.15, 0.2) is 0 Å². The molecule has 0 amide bonds. The normalized spacial score (nSPS) is 12.7. The quantitative estimate of drug-likeness (QED) is 0.418. The van der Waals surface area contributed by atoms with Gasteiger partial charge >= 0.3 is 0 Å². The third kappa shape index (κ3) is 10.7. The Balaban J connectivity index is 3.41. The number of hydrogen-bond acceptors (Lipinski definition) is 0. The zero-order valence-corrected chi connectivity index (χ0v) is 8.32. The summed E-state index contributed by atoms with van der Waals surface area (Å²) in [5, 5.41) is 0. The SMILES string of the molecule is C=CC=CCCC=CC=CC=CC. The Morgan fingerprint density at radius 2 is 1.46 bits per heavy atom. The van der Waals surface area contributed by atoms with Crippen molar-refractivity contribution in [2.24, 2.45) is 0 Å². The largest absolute Gasteiger partial charge is 0.0991 e. The van der Waals surface area contributed by atoms with Crippen molar-refractivity contribution in [3.63, 3.8) is 0 Å². The van der Waals surface area contributed by atoms with Crippen LogP contribution in [0.3, 0.4) is 0 Å². The van der Waals surface area contributed by atoms with Crippen LogP contribution in [-0.2, 0) is 0 Å². The van der Waals surface area contributed by atoms with Crippen molar-refractivity contribution in [2.75, 3.05) is 0 Å². The first-order valence-electron chi connectivity index (χ1n) is 4.64. The zero-order valence-electron chi connectivity index (χ0n) is 8.32. The summed E-state index contributed by atoms with van der Waals surface area (Å²) in [5.41, 5.74) is 0. The summed E-state index contributed by atoms with van der Waals surface area (Å²) in [6.07, 6.45) is 20.4. The van der Waals surface area contributed by atoms with Crippen LogP contribution in [0.25, 0.3) is 0 Å². The fraction of sp³-hybridized carbons (Fsp3) is 0.231. The standard InChI is InChI=1S/C13H18/c1-3-5-7-9-11-13-12-10-8-6-4-2/h3-8,10,12-13H,1,9,11H2,2H3. The highest BCUT2D eigenvalue weighted by atomic mass is 13.8. The van der Waals surface area contributed by atoms with Gasteiger partial charge in [0.25, 0.3) is 0 Å². The minimum atomic E-state index is 1.08. The molecule has 0 bridgehead atoms. The predicted octanol–water partition coefficient (Wildman–Crippen LogP) is 4.20. The summed E-state index contributed by atoms with van der Waals surface area (Å²) in [7, 11) is 0. The number of unbranched alkanes of at least 4 members (excludes halogenated alkanes) is 1. The lowest BCUT2D eigenvalue weighted by Crippen LogP contribution is -1.62. The lowest BCUT2D eigenvalue weighted by atomic mass is 10.2. The Bertz CT molecular complexity index is 214. The van der Waals surface area contributed by atoms with Crippen LogP contribution in [0.1, 0.15) is 19.8 Å². The van der Waals surface area contributed by atoms with Crippen LogP contribution in [0, 0.1) is 0 Å². The Kier molecular flexibility index (Phi) is 9.63. The summed E-state index contributed by atoms with van der Waals surface area (Å²) >= 11 is 0. The van der Waals surface area contributed by atoms with Gasteiger partial charge in [0.1, 0.15) is 0 Å².